The third-order valence-electron chi connectivity index (χ3n) is 6.38. The number of ether oxygens (including phenoxy) is 1. The number of amides is 3. The molecule has 3 amide bonds. The maximum atomic E-state index is 13.1. The van der Waals surface area contributed by atoms with Gasteiger partial charge < -0.3 is 4.74 Å². The lowest BCUT2D eigenvalue weighted by Crippen LogP contribution is -2.44. The van der Waals surface area contributed by atoms with Crippen molar-refractivity contribution < 1.29 is 27.5 Å². The first-order chi connectivity index (χ1) is 17.2. The van der Waals surface area contributed by atoms with Crippen LogP contribution in [-0.4, -0.2) is 50.5 Å². The number of nitriles is 1. The van der Waals surface area contributed by atoms with Crippen molar-refractivity contribution in [1.82, 2.24) is 19.9 Å². The summed E-state index contributed by atoms with van der Waals surface area (Å²) in [4.78, 5) is 39.8. The number of anilines is 1. The van der Waals surface area contributed by atoms with Gasteiger partial charge in [0.05, 0.1) is 40.0 Å². The van der Waals surface area contributed by atoms with Crippen LogP contribution in [0.25, 0.3) is 10.9 Å². The second-order valence-electron chi connectivity index (χ2n) is 8.63. The molecule has 1 aliphatic carbocycles. The summed E-state index contributed by atoms with van der Waals surface area (Å²) < 4.78 is 45.3. The van der Waals surface area contributed by atoms with E-state index in [0.717, 1.165) is 22.1 Å². The summed E-state index contributed by atoms with van der Waals surface area (Å²) in [6.07, 6.45) is 0.435. The minimum atomic E-state index is -4.61. The van der Waals surface area contributed by atoms with Gasteiger partial charge >= 0.3 is 12.2 Å². The first kappa shape index (κ1) is 23.5. The topological polar surface area (TPSA) is 112 Å². The minimum Gasteiger partial charge on any atom is -0.474 e. The van der Waals surface area contributed by atoms with E-state index in [4.69, 9.17) is 10.00 Å². The van der Waals surface area contributed by atoms with E-state index in [0.29, 0.717) is 54.2 Å². The zero-order valence-electron chi connectivity index (χ0n) is 18.8. The SMILES string of the molecule is N#Cc1ccc2c(O[C@H]3CC[C@H](N4C(=O)CN(c5cncc(C(F)(F)F)c5)C4=O)CC3)ncnc2c1. The van der Waals surface area contributed by atoms with E-state index >= 15 is 0 Å². The molecule has 0 spiro atoms. The average molecular weight is 496 g/mol. The number of benzene rings is 1. The zero-order valence-corrected chi connectivity index (χ0v) is 18.8. The Morgan fingerprint density at radius 3 is 2.56 bits per heavy atom. The van der Waals surface area contributed by atoms with E-state index in [1.165, 1.54) is 6.33 Å². The minimum absolute atomic E-state index is 0.0714. The van der Waals surface area contributed by atoms with Crippen LogP contribution >= 0.6 is 0 Å². The van der Waals surface area contributed by atoms with Crippen LogP contribution in [0, 0.1) is 11.3 Å². The number of rotatable bonds is 4. The summed E-state index contributed by atoms with van der Waals surface area (Å²) in [5, 5.41) is 9.75. The van der Waals surface area contributed by atoms with Crippen LogP contribution in [0.15, 0.2) is 43.0 Å². The van der Waals surface area contributed by atoms with E-state index in [-0.39, 0.29) is 24.4 Å². The standard InChI is InChI=1S/C24H19F3N6O3/c25-24(26,27)15-8-17(11-29-10-15)32-12-21(34)33(23(32)35)16-2-4-18(5-3-16)36-22-19-6-1-14(9-28)7-20(19)30-13-31-22/h1,6-8,10-11,13,16,18H,2-5,12H2/t16-,18-. The van der Waals surface area contributed by atoms with Gasteiger partial charge in [-0.15, -0.1) is 0 Å². The molecule has 0 unspecified atom stereocenters. The van der Waals surface area contributed by atoms with E-state index in [9.17, 15) is 22.8 Å². The van der Waals surface area contributed by atoms with E-state index in [1.807, 2.05) is 0 Å². The lowest BCUT2D eigenvalue weighted by molar-refractivity contribution is -0.137. The van der Waals surface area contributed by atoms with Crippen LogP contribution in [0.3, 0.4) is 0 Å². The second-order valence-corrected chi connectivity index (χ2v) is 8.63. The lowest BCUT2D eigenvalue weighted by atomic mass is 9.92. The molecule has 0 bridgehead atoms. The molecule has 2 aromatic heterocycles. The van der Waals surface area contributed by atoms with E-state index in [1.54, 1.807) is 18.2 Å². The van der Waals surface area contributed by atoms with Crippen LogP contribution in [0.4, 0.5) is 23.7 Å². The van der Waals surface area contributed by atoms with Crippen LogP contribution in [-0.2, 0) is 11.0 Å². The molecule has 2 aliphatic rings. The van der Waals surface area contributed by atoms with Crippen molar-refractivity contribution in [2.75, 3.05) is 11.4 Å². The fourth-order valence-electron chi connectivity index (χ4n) is 4.58. The van der Waals surface area contributed by atoms with Gasteiger partial charge in [-0.25, -0.2) is 14.8 Å². The number of pyridine rings is 1. The summed E-state index contributed by atoms with van der Waals surface area (Å²) in [7, 11) is 0. The molecule has 1 aliphatic heterocycles. The Balaban J connectivity index is 1.25. The second kappa shape index (κ2) is 9.07. The number of urea groups is 1. The van der Waals surface area contributed by atoms with Gasteiger partial charge in [0.25, 0.3) is 5.91 Å². The normalized spacial score (nSPS) is 20.6. The first-order valence-corrected chi connectivity index (χ1v) is 11.2. The number of fused-ring (bicyclic) bond motifs is 1. The van der Waals surface area contributed by atoms with Gasteiger partial charge in [-0.1, -0.05) is 0 Å². The molecule has 0 N–H and O–H groups in total. The molecule has 2 fully saturated rings. The fraction of sp³-hybridized carbons (Fsp3) is 0.333. The third kappa shape index (κ3) is 4.39. The molecule has 1 saturated heterocycles. The number of halogens is 3. The molecule has 3 aromatic rings. The number of hydrogen-bond donors (Lipinski definition) is 0. The smallest absolute Gasteiger partial charge is 0.417 e. The van der Waals surface area contributed by atoms with E-state index < -0.39 is 23.7 Å². The van der Waals surface area contributed by atoms with Crippen LogP contribution in [0.1, 0.15) is 36.8 Å². The molecule has 0 atom stereocenters. The summed E-state index contributed by atoms with van der Waals surface area (Å²) in [5.74, 6) is -0.0682. The Kier molecular flexibility index (Phi) is 5.91. The highest BCUT2D eigenvalue weighted by molar-refractivity contribution is 6.12. The van der Waals surface area contributed by atoms with Crippen molar-refractivity contribution in [3.63, 3.8) is 0 Å². The molecule has 5 rings (SSSR count). The van der Waals surface area contributed by atoms with Crippen molar-refractivity contribution in [2.24, 2.45) is 0 Å². The van der Waals surface area contributed by atoms with Gasteiger partial charge in [-0.3, -0.25) is 19.6 Å². The highest BCUT2D eigenvalue weighted by Crippen LogP contribution is 2.34. The highest BCUT2D eigenvalue weighted by Gasteiger charge is 2.43. The Bertz CT molecular complexity index is 1380. The quantitative estimate of drug-likeness (QED) is 0.501. The van der Waals surface area contributed by atoms with E-state index in [2.05, 4.69) is 21.0 Å². The van der Waals surface area contributed by atoms with Gasteiger partial charge in [-0.05, 0) is 49.9 Å². The maximum absolute atomic E-state index is 13.1. The number of imide groups is 1. The average Bonchev–Trinajstić information content (AvgIpc) is 3.17. The number of carbonyl (C=O) groups is 2. The molecule has 3 heterocycles. The molecular formula is C24H19F3N6O3. The Morgan fingerprint density at radius 1 is 1.06 bits per heavy atom. The van der Waals surface area contributed by atoms with Crippen molar-refractivity contribution in [2.45, 2.75) is 44.0 Å². The number of carbonyl (C=O) groups excluding carboxylic acids is 2. The molecule has 1 aromatic carbocycles. The van der Waals surface area contributed by atoms with Gasteiger partial charge in [0.15, 0.2) is 0 Å². The molecule has 9 nitrogen and oxygen atoms in total. The highest BCUT2D eigenvalue weighted by atomic mass is 19.4. The number of alkyl halides is 3. The van der Waals surface area contributed by atoms with Gasteiger partial charge in [-0.2, -0.15) is 18.4 Å². The number of aromatic nitrogens is 3. The predicted molar refractivity (Wildman–Crippen MR) is 120 cm³/mol. The molecule has 0 radical (unpaired) electrons. The maximum Gasteiger partial charge on any atom is 0.417 e. The summed E-state index contributed by atoms with van der Waals surface area (Å²) in [6, 6.07) is 6.89. The molecule has 36 heavy (non-hydrogen) atoms. The van der Waals surface area contributed by atoms with Crippen LogP contribution in [0.2, 0.25) is 0 Å². The predicted octanol–water partition coefficient (Wildman–Crippen LogP) is 4.07. The Labute approximate surface area is 203 Å². The lowest BCUT2D eigenvalue weighted by Gasteiger charge is -2.33. The van der Waals surface area contributed by atoms with Crippen molar-refractivity contribution >= 4 is 28.5 Å². The van der Waals surface area contributed by atoms with Crippen molar-refractivity contribution in [1.29, 1.82) is 5.26 Å². The Hall–Kier alpha value is -4.27. The fourth-order valence-corrected chi connectivity index (χ4v) is 4.58. The van der Waals surface area contributed by atoms with Gasteiger partial charge in [0.2, 0.25) is 5.88 Å². The van der Waals surface area contributed by atoms with Gasteiger partial charge in [0, 0.05) is 12.2 Å². The molecule has 12 heteroatoms. The van der Waals surface area contributed by atoms with Crippen LogP contribution in [0.5, 0.6) is 5.88 Å². The van der Waals surface area contributed by atoms with Gasteiger partial charge in [0.1, 0.15) is 19.0 Å². The summed E-state index contributed by atoms with van der Waals surface area (Å²) >= 11 is 0. The number of hydrogen-bond acceptors (Lipinski definition) is 7. The van der Waals surface area contributed by atoms with Crippen LogP contribution < -0.4 is 9.64 Å². The molecular weight excluding hydrogens is 477 g/mol. The molecule has 184 valence electrons. The largest absolute Gasteiger partial charge is 0.474 e. The van der Waals surface area contributed by atoms with Crippen molar-refractivity contribution in [3.8, 4) is 11.9 Å². The third-order valence-corrected chi connectivity index (χ3v) is 6.38. The monoisotopic (exact) mass is 496 g/mol. The Morgan fingerprint density at radius 2 is 1.83 bits per heavy atom. The molecule has 1 saturated carbocycles. The van der Waals surface area contributed by atoms with Crippen molar-refractivity contribution in [3.05, 3.63) is 54.1 Å². The summed E-state index contributed by atoms with van der Waals surface area (Å²) in [5.41, 5.74) is 0.00284. The summed E-state index contributed by atoms with van der Waals surface area (Å²) in [6.45, 7) is -0.337. The number of nitrogens with zero attached hydrogens (tertiary/aromatic N) is 6. The first-order valence-electron chi connectivity index (χ1n) is 11.2. The zero-order chi connectivity index (χ0) is 25.4.